The van der Waals surface area contributed by atoms with E-state index in [4.69, 9.17) is 4.74 Å². The Kier molecular flexibility index (Phi) is 13.7. The van der Waals surface area contributed by atoms with E-state index in [0.717, 1.165) is 56.6 Å². The summed E-state index contributed by atoms with van der Waals surface area (Å²) in [5, 5.41) is 3.00. The quantitative estimate of drug-likeness (QED) is 0.329. The number of nitrogens with zero attached hydrogens (tertiary/aromatic N) is 2. The molecule has 0 spiro atoms. The van der Waals surface area contributed by atoms with Gasteiger partial charge in [0.1, 0.15) is 18.4 Å². The first-order chi connectivity index (χ1) is 17.5. The van der Waals surface area contributed by atoms with Crippen molar-refractivity contribution in [3.8, 4) is 5.75 Å². The van der Waals surface area contributed by atoms with Gasteiger partial charge in [0, 0.05) is 31.6 Å². The highest BCUT2D eigenvalue weighted by Crippen LogP contribution is 2.15. The van der Waals surface area contributed by atoms with Crippen molar-refractivity contribution in [3.05, 3.63) is 65.7 Å². The smallest absolute Gasteiger partial charge is 0.251 e. The number of benzene rings is 2. The highest BCUT2D eigenvalue weighted by molar-refractivity contribution is 5.97. The van der Waals surface area contributed by atoms with E-state index in [9.17, 15) is 9.59 Å². The molecule has 0 radical (unpaired) electrons. The van der Waals surface area contributed by atoms with E-state index in [1.54, 1.807) is 12.1 Å². The van der Waals surface area contributed by atoms with E-state index in [2.05, 4.69) is 37.9 Å². The Balaban J connectivity index is 2.07. The molecule has 2 amide bonds. The van der Waals surface area contributed by atoms with Crippen LogP contribution in [0.2, 0.25) is 0 Å². The molecule has 1 atom stereocenters. The van der Waals surface area contributed by atoms with Gasteiger partial charge >= 0.3 is 0 Å². The van der Waals surface area contributed by atoms with Gasteiger partial charge in [0.05, 0.1) is 0 Å². The first-order valence-electron chi connectivity index (χ1n) is 13.6. The Labute approximate surface area is 218 Å². The van der Waals surface area contributed by atoms with Crippen molar-refractivity contribution in [2.75, 3.05) is 39.3 Å². The number of carbonyl (C=O) groups is 2. The molecule has 6 heteroatoms. The average molecular weight is 496 g/mol. The summed E-state index contributed by atoms with van der Waals surface area (Å²) in [5.41, 5.74) is 1.54. The van der Waals surface area contributed by atoms with Gasteiger partial charge in [-0.3, -0.25) is 14.5 Å². The molecule has 0 aliphatic rings. The molecular weight excluding hydrogens is 450 g/mol. The van der Waals surface area contributed by atoms with Crippen molar-refractivity contribution < 1.29 is 14.3 Å². The van der Waals surface area contributed by atoms with Crippen molar-refractivity contribution in [1.29, 1.82) is 0 Å². The molecule has 0 saturated carbocycles. The third kappa shape index (κ3) is 10.0. The van der Waals surface area contributed by atoms with Gasteiger partial charge in [-0.05, 0) is 68.6 Å². The average Bonchev–Trinajstić information content (AvgIpc) is 2.89. The highest BCUT2D eigenvalue weighted by Gasteiger charge is 2.26. The van der Waals surface area contributed by atoms with Crippen LogP contribution in [0.4, 0.5) is 0 Å². The number of ether oxygens (including phenoxy) is 1. The van der Waals surface area contributed by atoms with Gasteiger partial charge in [-0.1, -0.05) is 58.0 Å². The van der Waals surface area contributed by atoms with E-state index in [1.165, 1.54) is 0 Å². The van der Waals surface area contributed by atoms with Crippen LogP contribution >= 0.6 is 0 Å². The summed E-state index contributed by atoms with van der Waals surface area (Å²) in [6.07, 6.45) is 4.48. The standard InChI is InChI=1S/C30H45N3O3/c1-5-18-32(19-6-2)22-23-36-27-16-14-25(15-17-27)24-28(30(35)33(20-7-3)21-8-4)31-29(34)26-12-10-9-11-13-26/h9-17,28H,5-8,18-24H2,1-4H3,(H,31,34)/t28-/m0/s1. The Bertz CT molecular complexity index is 874. The van der Waals surface area contributed by atoms with Gasteiger partial charge in [0.25, 0.3) is 5.91 Å². The van der Waals surface area contributed by atoms with E-state index >= 15 is 0 Å². The summed E-state index contributed by atoms with van der Waals surface area (Å²) in [7, 11) is 0. The molecular formula is C30H45N3O3. The first-order valence-corrected chi connectivity index (χ1v) is 13.6. The Morgan fingerprint density at radius 2 is 1.36 bits per heavy atom. The monoisotopic (exact) mass is 495 g/mol. The molecule has 0 saturated heterocycles. The Hall–Kier alpha value is -2.86. The van der Waals surface area contributed by atoms with Crippen molar-refractivity contribution in [1.82, 2.24) is 15.1 Å². The number of carbonyl (C=O) groups excluding carboxylic acids is 2. The predicted molar refractivity (Wildman–Crippen MR) is 148 cm³/mol. The molecule has 198 valence electrons. The summed E-state index contributed by atoms with van der Waals surface area (Å²) in [6.45, 7) is 13.6. The minimum absolute atomic E-state index is 0.0322. The first kappa shape index (κ1) is 29.4. The fourth-order valence-electron chi connectivity index (χ4n) is 4.34. The van der Waals surface area contributed by atoms with Gasteiger partial charge in [-0.15, -0.1) is 0 Å². The molecule has 0 aromatic heterocycles. The summed E-state index contributed by atoms with van der Waals surface area (Å²) in [4.78, 5) is 30.7. The van der Waals surface area contributed by atoms with E-state index in [-0.39, 0.29) is 11.8 Å². The van der Waals surface area contributed by atoms with Crippen LogP contribution < -0.4 is 10.1 Å². The van der Waals surface area contributed by atoms with Crippen molar-refractivity contribution in [2.24, 2.45) is 0 Å². The van der Waals surface area contributed by atoms with Crippen molar-refractivity contribution in [3.63, 3.8) is 0 Å². The highest BCUT2D eigenvalue weighted by atomic mass is 16.5. The van der Waals surface area contributed by atoms with Crippen LogP contribution in [0.3, 0.4) is 0 Å². The number of hydrogen-bond donors (Lipinski definition) is 1. The lowest BCUT2D eigenvalue weighted by Crippen LogP contribution is -2.50. The molecule has 0 aliphatic carbocycles. The zero-order valence-electron chi connectivity index (χ0n) is 22.7. The number of amides is 2. The largest absolute Gasteiger partial charge is 0.492 e. The maximum atomic E-state index is 13.5. The van der Waals surface area contributed by atoms with Crippen molar-refractivity contribution >= 4 is 11.8 Å². The van der Waals surface area contributed by atoms with Gasteiger partial charge in [-0.25, -0.2) is 0 Å². The zero-order valence-corrected chi connectivity index (χ0v) is 22.7. The summed E-state index contributed by atoms with van der Waals surface area (Å²) in [5.74, 6) is 0.558. The topological polar surface area (TPSA) is 61.9 Å². The maximum absolute atomic E-state index is 13.5. The van der Waals surface area contributed by atoms with E-state index < -0.39 is 6.04 Å². The lowest BCUT2D eigenvalue weighted by Gasteiger charge is -2.27. The van der Waals surface area contributed by atoms with Gasteiger partial charge in [0.2, 0.25) is 5.91 Å². The molecule has 0 fully saturated rings. The number of rotatable bonds is 17. The lowest BCUT2D eigenvalue weighted by atomic mass is 10.0. The second-order valence-corrected chi connectivity index (χ2v) is 9.26. The van der Waals surface area contributed by atoms with Crippen LogP contribution in [-0.4, -0.2) is 67.0 Å². The van der Waals surface area contributed by atoms with E-state index in [0.29, 0.717) is 31.7 Å². The molecule has 0 heterocycles. The molecule has 1 N–H and O–H groups in total. The molecule has 6 nitrogen and oxygen atoms in total. The lowest BCUT2D eigenvalue weighted by molar-refractivity contribution is -0.133. The zero-order chi connectivity index (χ0) is 26.2. The predicted octanol–water partition coefficient (Wildman–Crippen LogP) is 5.18. The summed E-state index contributed by atoms with van der Waals surface area (Å²) in [6, 6.07) is 16.3. The molecule has 2 rings (SSSR count). The molecule has 0 aliphatic heterocycles. The third-order valence-electron chi connectivity index (χ3n) is 6.06. The van der Waals surface area contributed by atoms with Crippen LogP contribution in [0.25, 0.3) is 0 Å². The minimum Gasteiger partial charge on any atom is -0.492 e. The molecule has 36 heavy (non-hydrogen) atoms. The molecule has 0 unspecified atom stereocenters. The minimum atomic E-state index is -0.626. The second-order valence-electron chi connectivity index (χ2n) is 9.26. The van der Waals surface area contributed by atoms with Gasteiger partial charge in [-0.2, -0.15) is 0 Å². The maximum Gasteiger partial charge on any atom is 0.251 e. The normalized spacial score (nSPS) is 11.8. The SMILES string of the molecule is CCCN(CCC)CCOc1ccc(C[C@H](NC(=O)c2ccccc2)C(=O)N(CCC)CCC)cc1. The van der Waals surface area contributed by atoms with Crippen molar-refractivity contribution in [2.45, 2.75) is 65.8 Å². The number of nitrogens with one attached hydrogen (secondary N) is 1. The van der Waals surface area contributed by atoms with E-state index in [1.807, 2.05) is 47.4 Å². The van der Waals surface area contributed by atoms with Gasteiger partial charge < -0.3 is 15.0 Å². The molecule has 2 aromatic carbocycles. The van der Waals surface area contributed by atoms with Crippen LogP contribution in [0, 0.1) is 0 Å². The van der Waals surface area contributed by atoms with Crippen LogP contribution in [0.15, 0.2) is 54.6 Å². The summed E-state index contributed by atoms with van der Waals surface area (Å²) < 4.78 is 5.97. The van der Waals surface area contributed by atoms with Crippen LogP contribution in [0.1, 0.15) is 69.3 Å². The van der Waals surface area contributed by atoms with Crippen LogP contribution in [0.5, 0.6) is 5.75 Å². The third-order valence-corrected chi connectivity index (χ3v) is 6.06. The van der Waals surface area contributed by atoms with Crippen LogP contribution in [-0.2, 0) is 11.2 Å². The molecule has 0 bridgehead atoms. The fourth-order valence-corrected chi connectivity index (χ4v) is 4.34. The number of hydrogen-bond acceptors (Lipinski definition) is 4. The Morgan fingerprint density at radius 3 is 1.92 bits per heavy atom. The fraction of sp³-hybridized carbons (Fsp3) is 0.533. The Morgan fingerprint density at radius 1 is 0.778 bits per heavy atom. The molecule has 2 aromatic rings. The van der Waals surface area contributed by atoms with Gasteiger partial charge in [0.15, 0.2) is 0 Å². The second kappa shape index (κ2) is 16.7. The summed E-state index contributed by atoms with van der Waals surface area (Å²) >= 11 is 0.